The summed E-state index contributed by atoms with van der Waals surface area (Å²) in [5.41, 5.74) is 0.949. The van der Waals surface area contributed by atoms with E-state index in [1.54, 1.807) is 0 Å². The van der Waals surface area contributed by atoms with Gasteiger partial charge in [-0.3, -0.25) is 9.79 Å². The monoisotopic (exact) mass is 287 g/mol. The van der Waals surface area contributed by atoms with Crippen LogP contribution in [0.25, 0.3) is 16.3 Å². The van der Waals surface area contributed by atoms with Crippen molar-refractivity contribution in [1.82, 2.24) is 0 Å². The van der Waals surface area contributed by atoms with E-state index in [0.29, 0.717) is 0 Å². The van der Waals surface area contributed by atoms with Crippen molar-refractivity contribution < 1.29 is 4.79 Å². The first kappa shape index (κ1) is 12.8. The molecule has 22 heavy (non-hydrogen) atoms. The number of fused-ring (bicyclic) bond motifs is 3. The molecule has 3 aliphatic rings. The van der Waals surface area contributed by atoms with Gasteiger partial charge in [0.05, 0.1) is 11.0 Å². The largest absolute Gasteiger partial charge is 0.320 e. The molecule has 1 amide bonds. The molecule has 4 heteroatoms. The molecule has 2 aliphatic carbocycles. The van der Waals surface area contributed by atoms with Gasteiger partial charge in [-0.15, -0.1) is 0 Å². The predicted octanol–water partition coefficient (Wildman–Crippen LogP) is 1.66. The number of hydrogen-bond acceptors (Lipinski definition) is 3. The van der Waals surface area contributed by atoms with Crippen LogP contribution in [0, 0.1) is 21.8 Å². The van der Waals surface area contributed by atoms with E-state index in [1.807, 2.05) is 50.2 Å². The maximum absolute atomic E-state index is 11.9. The van der Waals surface area contributed by atoms with Gasteiger partial charge in [0.15, 0.2) is 0 Å². The van der Waals surface area contributed by atoms with E-state index in [-0.39, 0.29) is 17.5 Å². The Morgan fingerprint density at radius 1 is 1.14 bits per heavy atom. The maximum atomic E-state index is 11.9. The van der Waals surface area contributed by atoms with Gasteiger partial charge in [0.2, 0.25) is 0 Å². The van der Waals surface area contributed by atoms with Gasteiger partial charge in [0, 0.05) is 27.3 Å². The summed E-state index contributed by atoms with van der Waals surface area (Å²) >= 11 is 0. The zero-order valence-corrected chi connectivity index (χ0v) is 12.3. The fourth-order valence-corrected chi connectivity index (χ4v) is 3.25. The Balaban J connectivity index is 2.35. The molecule has 0 saturated carbocycles. The summed E-state index contributed by atoms with van der Waals surface area (Å²) in [7, 11) is 0. The normalized spacial score (nSPS) is 14.9. The lowest BCUT2D eigenvalue weighted by atomic mass is 10.1. The molecule has 4 nitrogen and oxygen atoms in total. The summed E-state index contributed by atoms with van der Waals surface area (Å²) in [6.45, 7) is 4.09. The van der Waals surface area contributed by atoms with E-state index in [4.69, 9.17) is 0 Å². The molecule has 0 unspecified atom stereocenters. The quantitative estimate of drug-likeness (QED) is 0.739. The van der Waals surface area contributed by atoms with Crippen LogP contribution < -0.4 is 15.9 Å². The van der Waals surface area contributed by atoms with Crippen molar-refractivity contribution in [3.63, 3.8) is 0 Å². The third kappa shape index (κ3) is 1.51. The van der Waals surface area contributed by atoms with E-state index >= 15 is 0 Å². The fourth-order valence-electron chi connectivity index (χ4n) is 3.25. The standard InChI is InChI=1S/C18H13N3O/c1-9(2)20-14-7-6-11-15-10(14)4-3-5-12(15)17-16(11)13(8-19)18(22)21-17/h3-7,9H,1-2H3,(H,21,22). The lowest BCUT2D eigenvalue weighted by Crippen LogP contribution is -2.10. The molecule has 0 fully saturated rings. The number of nitrogens with one attached hydrogen (secondary N) is 1. The van der Waals surface area contributed by atoms with E-state index < -0.39 is 0 Å². The molecule has 1 aliphatic heterocycles. The molecule has 1 heterocycles. The highest BCUT2D eigenvalue weighted by molar-refractivity contribution is 6.30. The van der Waals surface area contributed by atoms with Crippen LogP contribution in [-0.2, 0) is 4.79 Å². The van der Waals surface area contributed by atoms with Gasteiger partial charge in [-0.05, 0) is 25.1 Å². The minimum atomic E-state index is -0.314. The van der Waals surface area contributed by atoms with Gasteiger partial charge in [0.25, 0.3) is 5.91 Å². The van der Waals surface area contributed by atoms with Gasteiger partial charge in [-0.2, -0.15) is 5.26 Å². The highest BCUT2D eigenvalue weighted by Gasteiger charge is 2.25. The molecule has 106 valence electrons. The van der Waals surface area contributed by atoms with Crippen LogP contribution in [0.3, 0.4) is 0 Å². The van der Waals surface area contributed by atoms with E-state index in [9.17, 15) is 10.1 Å². The average Bonchev–Trinajstić information content (AvgIpc) is 2.97. The van der Waals surface area contributed by atoms with Crippen LogP contribution in [0.15, 0.2) is 35.3 Å². The van der Waals surface area contributed by atoms with Crippen LogP contribution in [0.2, 0.25) is 0 Å². The first-order chi connectivity index (χ1) is 10.6. The number of rotatable bonds is 1. The van der Waals surface area contributed by atoms with Crippen LogP contribution in [-0.4, -0.2) is 11.9 Å². The molecule has 0 spiro atoms. The van der Waals surface area contributed by atoms with Crippen LogP contribution in [0.5, 0.6) is 0 Å². The van der Waals surface area contributed by atoms with Crippen molar-refractivity contribution >= 4 is 27.9 Å². The number of hydrogen-bond donors (Lipinski definition) is 1. The van der Waals surface area contributed by atoms with Crippen molar-refractivity contribution in [2.45, 2.75) is 19.9 Å². The minimum absolute atomic E-state index is 0.195. The van der Waals surface area contributed by atoms with Gasteiger partial charge in [-0.25, -0.2) is 0 Å². The summed E-state index contributed by atoms with van der Waals surface area (Å²) in [4.78, 5) is 16.6. The molecule has 0 aromatic heterocycles. The SMILES string of the molecule is CC(C)N=c1ccc2c3c(c4cccc1c4=2)NC(=O)C=3C#N. The number of anilines is 1. The third-order valence-corrected chi connectivity index (χ3v) is 4.03. The predicted molar refractivity (Wildman–Crippen MR) is 84.0 cm³/mol. The number of benzene rings is 1. The Labute approximate surface area is 126 Å². The molecule has 1 aromatic carbocycles. The van der Waals surface area contributed by atoms with Crippen molar-refractivity contribution in [1.29, 1.82) is 5.26 Å². The highest BCUT2D eigenvalue weighted by atomic mass is 16.1. The molecular weight excluding hydrogens is 274 g/mol. The summed E-state index contributed by atoms with van der Waals surface area (Å²) in [5, 5.41) is 17.9. The summed E-state index contributed by atoms with van der Waals surface area (Å²) in [6.07, 6.45) is 0. The number of nitrogens with zero attached hydrogens (tertiary/aromatic N) is 2. The summed E-state index contributed by atoms with van der Waals surface area (Å²) < 4.78 is 0. The van der Waals surface area contributed by atoms with Crippen molar-refractivity contribution in [2.75, 3.05) is 5.32 Å². The van der Waals surface area contributed by atoms with Gasteiger partial charge < -0.3 is 5.32 Å². The number of nitriles is 1. The van der Waals surface area contributed by atoms with Crippen LogP contribution >= 0.6 is 0 Å². The van der Waals surface area contributed by atoms with E-state index in [1.165, 1.54) is 0 Å². The first-order valence-electron chi connectivity index (χ1n) is 7.22. The topological polar surface area (TPSA) is 65.2 Å². The van der Waals surface area contributed by atoms with Gasteiger partial charge in [0.1, 0.15) is 11.6 Å². The smallest absolute Gasteiger partial charge is 0.267 e. The molecule has 0 radical (unpaired) electrons. The van der Waals surface area contributed by atoms with Crippen molar-refractivity contribution in [3.05, 3.63) is 51.3 Å². The average molecular weight is 287 g/mol. The van der Waals surface area contributed by atoms with Crippen molar-refractivity contribution in [3.8, 4) is 6.07 Å². The second-order valence-electron chi connectivity index (χ2n) is 5.77. The lowest BCUT2D eigenvalue weighted by molar-refractivity contribution is -0.110. The molecule has 1 aromatic rings. The number of amides is 1. The van der Waals surface area contributed by atoms with E-state index in [0.717, 1.165) is 37.5 Å². The summed E-state index contributed by atoms with van der Waals surface area (Å²) in [6, 6.07) is 12.2. The Kier molecular flexibility index (Phi) is 2.49. The zero-order chi connectivity index (χ0) is 15.4. The van der Waals surface area contributed by atoms with Gasteiger partial charge >= 0.3 is 0 Å². The molecule has 0 bridgehead atoms. The number of carbonyl (C=O) groups is 1. The molecule has 0 saturated heterocycles. The first-order valence-corrected chi connectivity index (χ1v) is 7.22. The molecule has 4 rings (SSSR count). The number of carbonyl (C=O) groups excluding carboxylic acids is 1. The maximum Gasteiger partial charge on any atom is 0.267 e. The Hall–Kier alpha value is -2.93. The zero-order valence-electron chi connectivity index (χ0n) is 12.3. The minimum Gasteiger partial charge on any atom is -0.320 e. The molecule has 0 atom stereocenters. The fraction of sp³-hybridized carbons (Fsp3) is 0.167. The van der Waals surface area contributed by atoms with Crippen molar-refractivity contribution in [2.24, 2.45) is 4.99 Å². The molecule has 1 N–H and O–H groups in total. The highest BCUT2D eigenvalue weighted by Crippen LogP contribution is 2.25. The Morgan fingerprint density at radius 2 is 1.91 bits per heavy atom. The Bertz CT molecular complexity index is 1150. The lowest BCUT2D eigenvalue weighted by Gasteiger charge is -2.01. The van der Waals surface area contributed by atoms with Crippen LogP contribution in [0.4, 0.5) is 5.69 Å². The Morgan fingerprint density at radius 3 is 2.64 bits per heavy atom. The van der Waals surface area contributed by atoms with Crippen LogP contribution in [0.1, 0.15) is 13.8 Å². The van der Waals surface area contributed by atoms with Gasteiger partial charge in [-0.1, -0.05) is 24.3 Å². The second kappa shape index (κ2) is 4.28. The molecular formula is C18H13N3O. The summed E-state index contributed by atoms with van der Waals surface area (Å²) in [5.74, 6) is -0.314. The third-order valence-electron chi connectivity index (χ3n) is 4.03. The second-order valence-corrected chi connectivity index (χ2v) is 5.77. The van der Waals surface area contributed by atoms with E-state index in [2.05, 4.69) is 10.3 Å².